The maximum Gasteiger partial charge on any atom is 0.230 e. The summed E-state index contributed by atoms with van der Waals surface area (Å²) in [5.74, 6) is 3.35. The first kappa shape index (κ1) is 33.5. The molecule has 4 unspecified atom stereocenters. The van der Waals surface area contributed by atoms with Crippen molar-refractivity contribution in [3.8, 4) is 5.75 Å². The number of aliphatic imine (C=N–C) groups is 2. The van der Waals surface area contributed by atoms with Crippen LogP contribution in [-0.4, -0.2) is 26.7 Å². The summed E-state index contributed by atoms with van der Waals surface area (Å²) in [4.78, 5) is 12.4. The molecule has 4 aliphatic rings. The van der Waals surface area contributed by atoms with Crippen molar-refractivity contribution in [3.63, 3.8) is 0 Å². The number of para-hydroxylation sites is 1. The van der Waals surface area contributed by atoms with E-state index in [2.05, 4.69) is 134 Å². The number of nitrogens with zero attached hydrogens (tertiary/aromatic N) is 3. The van der Waals surface area contributed by atoms with Gasteiger partial charge in [-0.3, -0.25) is 4.57 Å². The van der Waals surface area contributed by atoms with Gasteiger partial charge in [-0.15, -0.1) is 23.1 Å². The van der Waals surface area contributed by atoms with Crippen LogP contribution in [0.15, 0.2) is 119 Å². The minimum atomic E-state index is 0.181. The van der Waals surface area contributed by atoms with Crippen LogP contribution in [0.25, 0.3) is 43.5 Å². The van der Waals surface area contributed by atoms with Crippen molar-refractivity contribution in [2.45, 2.75) is 68.9 Å². The number of aromatic nitrogens is 1. The van der Waals surface area contributed by atoms with Crippen LogP contribution in [-0.2, 0) is 6.54 Å². The molecular formula is C48H41N3OS2. The highest BCUT2D eigenvalue weighted by molar-refractivity contribution is 8.01. The van der Waals surface area contributed by atoms with E-state index in [4.69, 9.17) is 14.7 Å². The minimum absolute atomic E-state index is 0.181. The fourth-order valence-corrected chi connectivity index (χ4v) is 12.0. The van der Waals surface area contributed by atoms with Gasteiger partial charge in [0.1, 0.15) is 11.5 Å². The summed E-state index contributed by atoms with van der Waals surface area (Å²) < 4.78 is 10.1. The van der Waals surface area contributed by atoms with Crippen LogP contribution < -0.4 is 4.74 Å². The van der Waals surface area contributed by atoms with Gasteiger partial charge < -0.3 is 4.74 Å². The Morgan fingerprint density at radius 2 is 1.91 bits per heavy atom. The maximum atomic E-state index is 6.44. The lowest BCUT2D eigenvalue weighted by atomic mass is 9.85. The Balaban J connectivity index is 1.24. The summed E-state index contributed by atoms with van der Waals surface area (Å²) in [6.45, 7) is 9.20. The third-order valence-electron chi connectivity index (χ3n) is 11.7. The second kappa shape index (κ2) is 13.6. The van der Waals surface area contributed by atoms with E-state index in [1.807, 2.05) is 29.5 Å². The molecule has 6 aromatic rings. The SMILES string of the molecule is C=C/C=C\c1c(C)sc2c(C3=CCC4C(=C3)Oc3ccc#cc34)cc3c4ccccc4n(C(N=C4C(C)SC5CCCCC45)=NCc4ccccc4)c3c12. The summed E-state index contributed by atoms with van der Waals surface area (Å²) in [5, 5.41) is 4.65. The number of thiophene rings is 1. The third-order valence-corrected chi connectivity index (χ3v) is 14.4. The molecule has 2 aliphatic heterocycles. The molecular weight excluding hydrogens is 699 g/mol. The lowest BCUT2D eigenvalue weighted by Crippen LogP contribution is -2.26. The molecule has 2 fully saturated rings. The monoisotopic (exact) mass is 739 g/mol. The standard InChI is InChI=1S/C48H41N3OS2/c1-4-5-17-33-29(2)54-47-38(32-24-25-36-35-19-10-13-22-41(35)52-42(36)26-32)27-39-34-18-9-12-21-40(34)51(46(39)44(33)47)48(49-28-31-15-7-6-8-16-31)50-45-30(3)53-43-23-14-11-20-37(43)45/h4-9,12-13,15-18,21-22,24,26-27,30,36-37,43H,1,11,14,20,23,25,28H2,2-3H3/b17-5-,49-48?,50-45?. The predicted octanol–water partition coefficient (Wildman–Crippen LogP) is 12.5. The van der Waals surface area contributed by atoms with E-state index < -0.39 is 0 Å². The molecule has 0 spiro atoms. The van der Waals surface area contributed by atoms with E-state index in [1.165, 1.54) is 79.4 Å². The van der Waals surface area contributed by atoms with Crippen molar-refractivity contribution in [2.24, 2.45) is 15.9 Å². The van der Waals surface area contributed by atoms with Crippen molar-refractivity contribution < 1.29 is 4.74 Å². The number of rotatable bonds is 5. The van der Waals surface area contributed by atoms with E-state index in [9.17, 15) is 0 Å². The average molecular weight is 740 g/mol. The molecule has 4 nitrogen and oxygen atoms in total. The lowest BCUT2D eigenvalue weighted by Gasteiger charge is -2.24. The van der Waals surface area contributed by atoms with Crippen molar-refractivity contribution in [3.05, 3.63) is 149 Å². The van der Waals surface area contributed by atoms with Gasteiger partial charge in [-0.25, -0.2) is 9.98 Å². The summed E-state index contributed by atoms with van der Waals surface area (Å²) in [7, 11) is 0. The molecule has 0 N–H and O–H groups in total. The Morgan fingerprint density at radius 1 is 1.06 bits per heavy atom. The Morgan fingerprint density at radius 3 is 2.80 bits per heavy atom. The van der Waals surface area contributed by atoms with Gasteiger partial charge in [-0.05, 0) is 80.2 Å². The molecule has 0 radical (unpaired) electrons. The Kier molecular flexibility index (Phi) is 8.46. The highest BCUT2D eigenvalue weighted by Gasteiger charge is 2.40. The van der Waals surface area contributed by atoms with Gasteiger partial charge in [0, 0.05) is 53.4 Å². The molecule has 266 valence electrons. The predicted molar refractivity (Wildman–Crippen MR) is 230 cm³/mol. The lowest BCUT2D eigenvalue weighted by molar-refractivity contribution is 0.426. The zero-order valence-corrected chi connectivity index (χ0v) is 32.3. The van der Waals surface area contributed by atoms with Crippen LogP contribution >= 0.6 is 23.1 Å². The molecule has 6 heteroatoms. The largest absolute Gasteiger partial charge is 0.460 e. The Labute approximate surface area is 325 Å². The van der Waals surface area contributed by atoms with Gasteiger partial charge in [0.05, 0.1) is 29.1 Å². The van der Waals surface area contributed by atoms with Crippen LogP contribution in [0.4, 0.5) is 0 Å². The van der Waals surface area contributed by atoms with Gasteiger partial charge >= 0.3 is 0 Å². The number of aryl methyl sites for hydroxylation is 1. The Hall–Kier alpha value is -5.09. The molecule has 4 heterocycles. The third kappa shape index (κ3) is 5.51. The maximum absolute atomic E-state index is 6.44. The van der Waals surface area contributed by atoms with Crippen molar-refractivity contribution in [2.75, 3.05) is 0 Å². The van der Waals surface area contributed by atoms with E-state index in [0.29, 0.717) is 23.0 Å². The highest BCUT2D eigenvalue weighted by atomic mass is 32.2. The fourth-order valence-electron chi connectivity index (χ4n) is 9.14. The second-order valence-electron chi connectivity index (χ2n) is 14.9. The second-order valence-corrected chi connectivity index (χ2v) is 17.7. The van der Waals surface area contributed by atoms with Crippen LogP contribution in [0.2, 0.25) is 0 Å². The molecule has 4 atom stereocenters. The number of ether oxygens (including phenoxy) is 1. The molecule has 54 heavy (non-hydrogen) atoms. The smallest absolute Gasteiger partial charge is 0.230 e. The normalized spacial score (nSPS) is 23.0. The molecule has 4 aromatic carbocycles. The van der Waals surface area contributed by atoms with Gasteiger partial charge in [-0.2, -0.15) is 0 Å². The van der Waals surface area contributed by atoms with Crippen molar-refractivity contribution in [1.29, 1.82) is 0 Å². The van der Waals surface area contributed by atoms with Gasteiger partial charge in [0.25, 0.3) is 0 Å². The zero-order chi connectivity index (χ0) is 36.3. The Bertz CT molecular complexity index is 2630. The molecule has 1 saturated heterocycles. The quantitative estimate of drug-likeness (QED) is 0.100. The van der Waals surface area contributed by atoms with Crippen LogP contribution in [0.5, 0.6) is 5.75 Å². The minimum Gasteiger partial charge on any atom is -0.460 e. The zero-order valence-electron chi connectivity index (χ0n) is 30.6. The summed E-state index contributed by atoms with van der Waals surface area (Å²) in [5.41, 5.74) is 9.52. The summed E-state index contributed by atoms with van der Waals surface area (Å²) >= 11 is 3.98. The number of benzene rings is 3. The molecule has 1 saturated carbocycles. The topological polar surface area (TPSA) is 38.9 Å². The van der Waals surface area contributed by atoms with Crippen LogP contribution in [0.3, 0.4) is 0 Å². The molecule has 10 rings (SSSR count). The number of hydrogen-bond donors (Lipinski definition) is 0. The van der Waals surface area contributed by atoms with Gasteiger partial charge in [0.15, 0.2) is 0 Å². The van der Waals surface area contributed by atoms with E-state index >= 15 is 0 Å². The molecule has 2 aliphatic carbocycles. The van der Waals surface area contributed by atoms with Crippen LogP contribution in [0, 0.1) is 25.0 Å². The number of hydrogen-bond acceptors (Lipinski definition) is 4. The van der Waals surface area contributed by atoms with E-state index in [-0.39, 0.29) is 5.92 Å². The average Bonchev–Trinajstić information content (AvgIpc) is 3.93. The first-order valence-electron chi connectivity index (χ1n) is 19.2. The molecule has 2 aromatic heterocycles. The molecule has 0 bridgehead atoms. The van der Waals surface area contributed by atoms with Crippen LogP contribution in [0.1, 0.15) is 72.1 Å². The fraction of sp³-hybridized carbons (Fsp3) is 0.250. The number of fused-ring (bicyclic) bond motifs is 9. The van der Waals surface area contributed by atoms with Gasteiger partial charge in [-0.1, -0.05) is 104 Å². The molecule has 0 amide bonds. The van der Waals surface area contributed by atoms with E-state index in [1.54, 1.807) is 0 Å². The first-order chi connectivity index (χ1) is 26.6. The van der Waals surface area contributed by atoms with Crippen molar-refractivity contribution in [1.82, 2.24) is 4.57 Å². The first-order valence-corrected chi connectivity index (χ1v) is 21.0. The number of thioether (sulfide) groups is 1. The van der Waals surface area contributed by atoms with E-state index in [0.717, 1.165) is 40.5 Å². The number of allylic oxidation sites excluding steroid dienone is 6. The summed E-state index contributed by atoms with van der Waals surface area (Å²) in [6.07, 6.45) is 16.8. The van der Waals surface area contributed by atoms with Crippen molar-refractivity contribution >= 4 is 78.3 Å². The highest BCUT2D eigenvalue weighted by Crippen LogP contribution is 2.50. The summed E-state index contributed by atoms with van der Waals surface area (Å²) in [6, 6.07) is 32.2. The van der Waals surface area contributed by atoms with Gasteiger partial charge in [0.2, 0.25) is 5.96 Å².